The van der Waals surface area contributed by atoms with Crippen LogP contribution in [0.5, 0.6) is 0 Å². The van der Waals surface area contributed by atoms with Gasteiger partial charge in [0.2, 0.25) is 0 Å². The number of esters is 1. The molecule has 27 heavy (non-hydrogen) atoms. The number of ether oxygens (including phenoxy) is 2. The van der Waals surface area contributed by atoms with Crippen molar-refractivity contribution in [1.29, 1.82) is 0 Å². The number of rotatable bonds is 6. The molecular formula is C17H21N3O7. The van der Waals surface area contributed by atoms with Crippen LogP contribution in [0.3, 0.4) is 0 Å². The average Bonchev–Trinajstić information content (AvgIpc) is 2.63. The molecule has 0 saturated carbocycles. The van der Waals surface area contributed by atoms with E-state index in [2.05, 4.69) is 5.32 Å². The van der Waals surface area contributed by atoms with E-state index in [0.717, 1.165) is 6.07 Å². The molecule has 146 valence electrons. The predicted octanol–water partition coefficient (Wildman–Crippen LogP) is 0.504. The first-order valence-corrected chi connectivity index (χ1v) is 8.37. The first-order valence-electron chi connectivity index (χ1n) is 8.37. The molecule has 10 nitrogen and oxygen atoms in total. The molecule has 1 aliphatic heterocycles. The van der Waals surface area contributed by atoms with Crippen LogP contribution < -0.4 is 5.32 Å². The number of nitro benzene ring substituents is 1. The summed E-state index contributed by atoms with van der Waals surface area (Å²) in [6, 6.07) is 5.11. The van der Waals surface area contributed by atoms with Crippen molar-refractivity contribution in [3.63, 3.8) is 0 Å². The van der Waals surface area contributed by atoms with Crippen molar-refractivity contribution in [2.45, 2.75) is 26.1 Å². The molecule has 10 heteroatoms. The van der Waals surface area contributed by atoms with Crippen molar-refractivity contribution in [2.75, 3.05) is 26.2 Å². The summed E-state index contributed by atoms with van der Waals surface area (Å²) in [5.41, 5.74) is -0.186. The zero-order valence-corrected chi connectivity index (χ0v) is 15.0. The summed E-state index contributed by atoms with van der Waals surface area (Å²) in [6.07, 6.45) is -0.190. The topological polar surface area (TPSA) is 128 Å². The van der Waals surface area contributed by atoms with Crippen LogP contribution in [-0.4, -0.2) is 66.1 Å². The number of amides is 2. The third-order valence-corrected chi connectivity index (χ3v) is 3.84. The zero-order chi connectivity index (χ0) is 20.0. The van der Waals surface area contributed by atoms with Crippen LogP contribution in [0.4, 0.5) is 5.69 Å². The first-order chi connectivity index (χ1) is 12.8. The summed E-state index contributed by atoms with van der Waals surface area (Å²) in [6.45, 7) is 3.67. The Balaban J connectivity index is 1.77. The van der Waals surface area contributed by atoms with Crippen LogP contribution >= 0.6 is 0 Å². The monoisotopic (exact) mass is 379 g/mol. The Kier molecular flexibility index (Phi) is 6.83. The number of non-ortho nitro benzene ring substituents is 1. The molecule has 1 aromatic carbocycles. The summed E-state index contributed by atoms with van der Waals surface area (Å²) >= 11 is 0. The Bertz CT molecular complexity index is 727. The minimum atomic E-state index is -0.781. The second-order valence-electron chi connectivity index (χ2n) is 6.21. The number of morpholine rings is 1. The number of benzene rings is 1. The van der Waals surface area contributed by atoms with E-state index in [1.54, 1.807) is 4.90 Å². The number of carbonyl (C=O) groups is 3. The first kappa shape index (κ1) is 20.3. The van der Waals surface area contributed by atoms with Gasteiger partial charge in [-0.15, -0.1) is 0 Å². The number of carbonyl (C=O) groups excluding carboxylic acids is 3. The third kappa shape index (κ3) is 6.03. The lowest BCUT2D eigenvalue weighted by atomic mass is 10.2. The smallest absolute Gasteiger partial charge is 0.325 e. The highest BCUT2D eigenvalue weighted by atomic mass is 16.6. The Labute approximate surface area is 155 Å². The molecule has 2 rings (SSSR count). The van der Waals surface area contributed by atoms with E-state index in [4.69, 9.17) is 9.47 Å². The van der Waals surface area contributed by atoms with Gasteiger partial charge in [-0.25, -0.2) is 0 Å². The van der Waals surface area contributed by atoms with E-state index in [1.165, 1.54) is 18.2 Å². The van der Waals surface area contributed by atoms with Crippen molar-refractivity contribution in [2.24, 2.45) is 0 Å². The summed E-state index contributed by atoms with van der Waals surface area (Å²) < 4.78 is 10.4. The highest BCUT2D eigenvalue weighted by Crippen LogP contribution is 2.13. The van der Waals surface area contributed by atoms with E-state index in [-0.39, 0.29) is 29.4 Å². The van der Waals surface area contributed by atoms with Crippen LogP contribution in [0, 0.1) is 10.1 Å². The van der Waals surface area contributed by atoms with Gasteiger partial charge in [-0.2, -0.15) is 0 Å². The molecule has 1 aromatic rings. The van der Waals surface area contributed by atoms with Gasteiger partial charge >= 0.3 is 5.97 Å². The van der Waals surface area contributed by atoms with Gasteiger partial charge in [0.1, 0.15) is 6.54 Å². The van der Waals surface area contributed by atoms with Gasteiger partial charge in [0, 0.05) is 30.8 Å². The van der Waals surface area contributed by atoms with Gasteiger partial charge in [-0.1, -0.05) is 6.07 Å². The summed E-state index contributed by atoms with van der Waals surface area (Å²) in [5, 5.41) is 13.0. The summed E-state index contributed by atoms with van der Waals surface area (Å²) in [5.74, 6) is -1.77. The van der Waals surface area contributed by atoms with Crippen molar-refractivity contribution in [3.8, 4) is 0 Å². The maximum absolute atomic E-state index is 12.1. The van der Waals surface area contributed by atoms with Gasteiger partial charge in [0.25, 0.3) is 17.5 Å². The Morgan fingerprint density at radius 1 is 1.30 bits per heavy atom. The fraction of sp³-hybridized carbons (Fsp3) is 0.471. The average molecular weight is 379 g/mol. The molecule has 0 radical (unpaired) electrons. The van der Waals surface area contributed by atoms with Crippen LogP contribution in [0.15, 0.2) is 24.3 Å². The maximum atomic E-state index is 12.1. The molecule has 1 N–H and O–H groups in total. The molecule has 1 fully saturated rings. The Hall–Kier alpha value is -3.01. The standard InChI is InChI=1S/C17H21N3O7/c1-11-8-19(9-12(2)27-11)15(21)10-26-16(22)7-18-17(23)13-4-3-5-14(6-13)20(24)25/h3-6,11-12H,7-10H2,1-2H3,(H,18,23)/t11-,12-/m1/s1. The van der Waals surface area contributed by atoms with Gasteiger partial charge in [-0.3, -0.25) is 24.5 Å². The van der Waals surface area contributed by atoms with E-state index in [1.807, 2.05) is 13.8 Å². The van der Waals surface area contributed by atoms with Crippen molar-refractivity contribution in [3.05, 3.63) is 39.9 Å². The molecular weight excluding hydrogens is 358 g/mol. The molecule has 0 aliphatic carbocycles. The molecule has 0 bridgehead atoms. The number of nitro groups is 1. The lowest BCUT2D eigenvalue weighted by molar-refractivity contribution is -0.384. The largest absolute Gasteiger partial charge is 0.454 e. The van der Waals surface area contributed by atoms with Gasteiger partial charge in [-0.05, 0) is 19.9 Å². The normalized spacial score (nSPS) is 19.3. The van der Waals surface area contributed by atoms with E-state index >= 15 is 0 Å². The number of nitrogens with zero attached hydrogens (tertiary/aromatic N) is 2. The second kappa shape index (κ2) is 9.08. The summed E-state index contributed by atoms with van der Waals surface area (Å²) in [4.78, 5) is 47.4. The molecule has 0 aromatic heterocycles. The Morgan fingerprint density at radius 3 is 2.59 bits per heavy atom. The predicted molar refractivity (Wildman–Crippen MR) is 93.0 cm³/mol. The van der Waals surface area contributed by atoms with Gasteiger partial charge < -0.3 is 19.7 Å². The molecule has 1 heterocycles. The fourth-order valence-corrected chi connectivity index (χ4v) is 2.68. The van der Waals surface area contributed by atoms with E-state index in [0.29, 0.717) is 13.1 Å². The minimum absolute atomic E-state index is 0.0457. The Morgan fingerprint density at radius 2 is 1.96 bits per heavy atom. The minimum Gasteiger partial charge on any atom is -0.454 e. The fourth-order valence-electron chi connectivity index (χ4n) is 2.68. The third-order valence-electron chi connectivity index (χ3n) is 3.84. The molecule has 0 unspecified atom stereocenters. The molecule has 2 atom stereocenters. The highest BCUT2D eigenvalue weighted by molar-refractivity contribution is 5.96. The van der Waals surface area contributed by atoms with Crippen LogP contribution in [0.25, 0.3) is 0 Å². The second-order valence-corrected chi connectivity index (χ2v) is 6.21. The van der Waals surface area contributed by atoms with E-state index < -0.39 is 30.0 Å². The van der Waals surface area contributed by atoms with E-state index in [9.17, 15) is 24.5 Å². The molecule has 1 aliphatic rings. The molecule has 1 saturated heterocycles. The van der Waals surface area contributed by atoms with Crippen molar-refractivity contribution >= 4 is 23.5 Å². The van der Waals surface area contributed by atoms with Gasteiger partial charge in [0.05, 0.1) is 17.1 Å². The molecule has 0 spiro atoms. The highest BCUT2D eigenvalue weighted by Gasteiger charge is 2.26. The van der Waals surface area contributed by atoms with Crippen molar-refractivity contribution < 1.29 is 28.8 Å². The van der Waals surface area contributed by atoms with Crippen LogP contribution in [0.2, 0.25) is 0 Å². The summed E-state index contributed by atoms with van der Waals surface area (Å²) in [7, 11) is 0. The SMILES string of the molecule is C[C@@H]1CN(C(=O)COC(=O)CNC(=O)c2cccc([N+](=O)[O-])c2)C[C@@H](C)O1. The van der Waals surface area contributed by atoms with Crippen molar-refractivity contribution in [1.82, 2.24) is 10.2 Å². The lowest BCUT2D eigenvalue weighted by Gasteiger charge is -2.35. The lowest BCUT2D eigenvalue weighted by Crippen LogP contribution is -2.49. The zero-order valence-electron chi connectivity index (χ0n) is 15.0. The van der Waals surface area contributed by atoms with Crippen LogP contribution in [0.1, 0.15) is 24.2 Å². The number of nitrogens with one attached hydrogen (secondary N) is 1. The quantitative estimate of drug-likeness (QED) is 0.433. The maximum Gasteiger partial charge on any atom is 0.325 e. The number of hydrogen-bond donors (Lipinski definition) is 1. The van der Waals surface area contributed by atoms with Crippen LogP contribution in [-0.2, 0) is 19.1 Å². The molecule has 2 amide bonds. The number of hydrogen-bond acceptors (Lipinski definition) is 7. The van der Waals surface area contributed by atoms with Gasteiger partial charge in [0.15, 0.2) is 6.61 Å².